The van der Waals surface area contributed by atoms with Gasteiger partial charge in [-0.15, -0.1) is 0 Å². The van der Waals surface area contributed by atoms with Crippen LogP contribution in [0.3, 0.4) is 0 Å². The number of hydrogen-bond donors (Lipinski definition) is 1. The van der Waals surface area contributed by atoms with Gasteiger partial charge < -0.3 is 14.7 Å². The smallest absolute Gasteiger partial charge is 0.328 e. The van der Waals surface area contributed by atoms with Gasteiger partial charge in [0.05, 0.1) is 6.10 Å². The molecule has 1 aromatic carbocycles. The van der Waals surface area contributed by atoms with Crippen LogP contribution in [-0.4, -0.2) is 36.9 Å². The second-order valence-electron chi connectivity index (χ2n) is 5.05. The topological polar surface area (TPSA) is 49.8 Å². The van der Waals surface area contributed by atoms with Crippen molar-refractivity contribution in [2.24, 2.45) is 0 Å². The van der Waals surface area contributed by atoms with E-state index in [0.29, 0.717) is 0 Å². The molecule has 1 N–H and O–H groups in total. The first-order chi connectivity index (χ1) is 10.1. The summed E-state index contributed by atoms with van der Waals surface area (Å²) in [6.07, 6.45) is 5.28. The number of hydrogen-bond acceptors (Lipinski definition) is 3. The minimum atomic E-state index is -0.939. The third kappa shape index (κ3) is 4.58. The third-order valence-corrected chi connectivity index (χ3v) is 4.06. The molecule has 5 heteroatoms. The molecule has 1 atom stereocenters. The zero-order valence-electron chi connectivity index (χ0n) is 12.1. The summed E-state index contributed by atoms with van der Waals surface area (Å²) in [5.41, 5.74) is 1.93. The summed E-state index contributed by atoms with van der Waals surface area (Å²) in [5.74, 6) is -0.939. The van der Waals surface area contributed by atoms with Crippen LogP contribution < -0.4 is 4.90 Å². The number of carbonyl (C=O) groups is 1. The van der Waals surface area contributed by atoms with Gasteiger partial charge in [0, 0.05) is 35.9 Å². The summed E-state index contributed by atoms with van der Waals surface area (Å²) in [6.45, 7) is 4.62. The molecule has 1 unspecified atom stereocenters. The minimum absolute atomic E-state index is 0.264. The van der Waals surface area contributed by atoms with Gasteiger partial charge >= 0.3 is 5.97 Å². The van der Waals surface area contributed by atoms with Gasteiger partial charge in [0.15, 0.2) is 0 Å². The Hall–Kier alpha value is -1.33. The Bertz CT molecular complexity index is 524. The van der Waals surface area contributed by atoms with Crippen molar-refractivity contribution in [2.45, 2.75) is 25.9 Å². The standard InChI is InChI=1S/C16H20BrNO3/c1-2-18(11-14-4-3-9-21-14)15-10-13(17)7-5-12(15)6-8-16(19)20/h5-8,10,14H,2-4,9,11H2,1H3,(H,19,20). The van der Waals surface area contributed by atoms with Gasteiger partial charge in [-0.1, -0.05) is 22.0 Å². The molecule has 21 heavy (non-hydrogen) atoms. The molecule has 4 nitrogen and oxygen atoms in total. The number of halogens is 1. The van der Waals surface area contributed by atoms with E-state index in [-0.39, 0.29) is 6.10 Å². The van der Waals surface area contributed by atoms with Gasteiger partial charge in [0.1, 0.15) is 0 Å². The molecule has 1 saturated heterocycles. The number of ether oxygens (including phenoxy) is 1. The predicted octanol–water partition coefficient (Wildman–Crippen LogP) is 3.55. The number of anilines is 1. The van der Waals surface area contributed by atoms with Crippen molar-refractivity contribution in [3.05, 3.63) is 34.3 Å². The van der Waals surface area contributed by atoms with Gasteiger partial charge in [0.25, 0.3) is 0 Å². The van der Waals surface area contributed by atoms with E-state index >= 15 is 0 Å². The van der Waals surface area contributed by atoms with E-state index in [0.717, 1.165) is 48.3 Å². The lowest BCUT2D eigenvalue weighted by Gasteiger charge is -2.27. The highest BCUT2D eigenvalue weighted by atomic mass is 79.9. The van der Waals surface area contributed by atoms with Crippen molar-refractivity contribution in [3.8, 4) is 0 Å². The summed E-state index contributed by atoms with van der Waals surface area (Å²) in [5, 5.41) is 8.82. The van der Waals surface area contributed by atoms with Gasteiger partial charge in [-0.25, -0.2) is 4.79 Å². The molecule has 0 aliphatic carbocycles. The van der Waals surface area contributed by atoms with Crippen LogP contribution in [-0.2, 0) is 9.53 Å². The lowest BCUT2D eigenvalue weighted by atomic mass is 10.1. The number of aliphatic carboxylic acids is 1. The molecular weight excluding hydrogens is 334 g/mol. The van der Waals surface area contributed by atoms with Crippen molar-refractivity contribution < 1.29 is 14.6 Å². The van der Waals surface area contributed by atoms with Crippen LogP contribution in [0.1, 0.15) is 25.3 Å². The van der Waals surface area contributed by atoms with Gasteiger partial charge in [-0.3, -0.25) is 0 Å². The zero-order valence-corrected chi connectivity index (χ0v) is 13.7. The molecule has 0 saturated carbocycles. The normalized spacial score (nSPS) is 18.3. The average Bonchev–Trinajstić information content (AvgIpc) is 2.96. The van der Waals surface area contributed by atoms with Crippen molar-refractivity contribution in [1.82, 2.24) is 0 Å². The van der Waals surface area contributed by atoms with Crippen LogP contribution in [0.4, 0.5) is 5.69 Å². The summed E-state index contributed by atoms with van der Waals surface area (Å²) in [4.78, 5) is 13.0. The van der Waals surface area contributed by atoms with Gasteiger partial charge in [0.2, 0.25) is 0 Å². The van der Waals surface area contributed by atoms with E-state index < -0.39 is 5.97 Å². The van der Waals surface area contributed by atoms with Crippen molar-refractivity contribution >= 4 is 33.7 Å². The maximum Gasteiger partial charge on any atom is 0.328 e. The molecular formula is C16H20BrNO3. The second-order valence-corrected chi connectivity index (χ2v) is 5.96. The highest BCUT2D eigenvalue weighted by Gasteiger charge is 2.20. The molecule has 0 aromatic heterocycles. The van der Waals surface area contributed by atoms with Crippen LogP contribution in [0.2, 0.25) is 0 Å². The van der Waals surface area contributed by atoms with Crippen LogP contribution >= 0.6 is 15.9 Å². The van der Waals surface area contributed by atoms with Crippen molar-refractivity contribution in [3.63, 3.8) is 0 Å². The number of benzene rings is 1. The van der Waals surface area contributed by atoms with Gasteiger partial charge in [-0.2, -0.15) is 0 Å². The number of likely N-dealkylation sites (N-methyl/N-ethyl adjacent to an activating group) is 1. The molecule has 0 bridgehead atoms. The van der Waals surface area contributed by atoms with Crippen LogP contribution in [0, 0.1) is 0 Å². The van der Waals surface area contributed by atoms with E-state index in [4.69, 9.17) is 9.84 Å². The third-order valence-electron chi connectivity index (χ3n) is 3.57. The van der Waals surface area contributed by atoms with E-state index in [1.54, 1.807) is 6.08 Å². The molecule has 0 spiro atoms. The number of nitrogens with zero attached hydrogens (tertiary/aromatic N) is 1. The maximum absolute atomic E-state index is 10.7. The van der Waals surface area contributed by atoms with Crippen LogP contribution in [0.5, 0.6) is 0 Å². The van der Waals surface area contributed by atoms with E-state index in [2.05, 4.69) is 27.8 Å². The molecule has 0 radical (unpaired) electrons. The Balaban J connectivity index is 2.24. The Morgan fingerprint density at radius 3 is 3.00 bits per heavy atom. The molecule has 1 heterocycles. The molecule has 114 valence electrons. The SMILES string of the molecule is CCN(CC1CCCO1)c1cc(Br)ccc1C=CC(=O)O. The van der Waals surface area contributed by atoms with Crippen LogP contribution in [0.25, 0.3) is 6.08 Å². The fourth-order valence-corrected chi connectivity index (χ4v) is 2.87. The number of rotatable bonds is 6. The zero-order chi connectivity index (χ0) is 15.2. The highest BCUT2D eigenvalue weighted by Crippen LogP contribution is 2.28. The summed E-state index contributed by atoms with van der Waals surface area (Å²) in [7, 11) is 0. The first-order valence-corrected chi connectivity index (χ1v) is 7.96. The molecule has 0 amide bonds. The molecule has 1 aliphatic heterocycles. The van der Waals surface area contributed by atoms with Gasteiger partial charge in [-0.05, 0) is 43.5 Å². The maximum atomic E-state index is 10.7. The average molecular weight is 354 g/mol. The van der Waals surface area contributed by atoms with Crippen LogP contribution in [0.15, 0.2) is 28.7 Å². The Labute approximate surface area is 133 Å². The molecule has 1 aliphatic rings. The fraction of sp³-hybridized carbons (Fsp3) is 0.438. The lowest BCUT2D eigenvalue weighted by Crippen LogP contribution is -2.32. The summed E-state index contributed by atoms with van der Waals surface area (Å²) in [6, 6.07) is 5.88. The Kier molecular flexibility index (Phi) is 5.82. The van der Waals surface area contributed by atoms with Crippen molar-refractivity contribution in [1.29, 1.82) is 0 Å². The summed E-state index contributed by atoms with van der Waals surface area (Å²) >= 11 is 3.49. The first-order valence-electron chi connectivity index (χ1n) is 7.17. The lowest BCUT2D eigenvalue weighted by molar-refractivity contribution is -0.131. The second kappa shape index (κ2) is 7.61. The Morgan fingerprint density at radius 1 is 1.57 bits per heavy atom. The Morgan fingerprint density at radius 2 is 2.38 bits per heavy atom. The number of carboxylic acid groups (broad SMARTS) is 1. The minimum Gasteiger partial charge on any atom is -0.478 e. The van der Waals surface area contributed by atoms with E-state index in [9.17, 15) is 4.79 Å². The largest absolute Gasteiger partial charge is 0.478 e. The molecule has 2 rings (SSSR count). The van der Waals surface area contributed by atoms with Crippen molar-refractivity contribution in [2.75, 3.05) is 24.6 Å². The number of carboxylic acids is 1. The first kappa shape index (κ1) is 16.0. The van der Waals surface area contributed by atoms with E-state index in [1.165, 1.54) is 6.08 Å². The molecule has 1 fully saturated rings. The highest BCUT2D eigenvalue weighted by molar-refractivity contribution is 9.10. The predicted molar refractivity (Wildman–Crippen MR) is 87.7 cm³/mol. The monoisotopic (exact) mass is 353 g/mol. The van der Waals surface area contributed by atoms with E-state index in [1.807, 2.05) is 18.2 Å². The quantitative estimate of drug-likeness (QED) is 0.794. The summed E-state index contributed by atoms with van der Waals surface area (Å²) < 4.78 is 6.69. The molecule has 1 aromatic rings. The fourth-order valence-electron chi connectivity index (χ4n) is 2.52.